The Balaban J connectivity index is 2.01. The molecule has 0 amide bonds. The third kappa shape index (κ3) is 4.55. The molecule has 0 aromatic carbocycles. The lowest BCUT2D eigenvalue weighted by molar-refractivity contribution is -0.122. The quantitative estimate of drug-likeness (QED) is 0.499. The molecule has 1 aliphatic carbocycles. The van der Waals surface area contributed by atoms with Crippen LogP contribution in [-0.4, -0.2) is 36.9 Å². The molecule has 1 aliphatic rings. The van der Waals surface area contributed by atoms with E-state index in [9.17, 15) is 0 Å². The third-order valence-electron chi connectivity index (χ3n) is 2.86. The van der Waals surface area contributed by atoms with Crippen molar-refractivity contribution < 1.29 is 13.9 Å². The Morgan fingerprint density at radius 1 is 1.14 bits per heavy atom. The van der Waals surface area contributed by atoms with Crippen LogP contribution in [0.25, 0.3) is 0 Å². The van der Waals surface area contributed by atoms with E-state index < -0.39 is 0 Å². The van der Waals surface area contributed by atoms with Gasteiger partial charge >= 0.3 is 0 Å². The van der Waals surface area contributed by atoms with E-state index in [0.29, 0.717) is 6.61 Å². The van der Waals surface area contributed by atoms with Crippen LogP contribution in [0.2, 0.25) is 5.54 Å². The Kier molecular flexibility index (Phi) is 6.43. The molecule has 0 saturated heterocycles. The highest BCUT2D eigenvalue weighted by Crippen LogP contribution is 2.27. The first-order chi connectivity index (χ1) is 6.86. The molecule has 0 heterocycles. The van der Waals surface area contributed by atoms with Crippen LogP contribution in [-0.2, 0) is 13.9 Å². The fourth-order valence-electron chi connectivity index (χ4n) is 1.92. The minimum atomic E-state index is -0.356. The lowest BCUT2D eigenvalue weighted by Gasteiger charge is -2.21. The Morgan fingerprint density at radius 3 is 2.36 bits per heavy atom. The Labute approximate surface area is 89.1 Å². The average molecular weight is 218 g/mol. The number of rotatable bonds is 6. The van der Waals surface area contributed by atoms with E-state index in [-0.39, 0.29) is 16.1 Å². The van der Waals surface area contributed by atoms with Gasteiger partial charge in [-0.2, -0.15) is 0 Å². The largest absolute Gasteiger partial charge is 0.419 e. The van der Waals surface area contributed by atoms with Gasteiger partial charge in [-0.15, -0.1) is 0 Å². The molecule has 0 N–H and O–H groups in total. The van der Waals surface area contributed by atoms with Gasteiger partial charge in [0.05, 0.1) is 6.61 Å². The first-order valence-electron chi connectivity index (χ1n) is 5.50. The van der Waals surface area contributed by atoms with Crippen LogP contribution in [0.1, 0.15) is 32.1 Å². The molecule has 0 aliphatic heterocycles. The molecule has 0 radical (unpaired) electrons. The molecule has 4 heteroatoms. The topological polar surface area (TPSA) is 27.7 Å². The van der Waals surface area contributed by atoms with E-state index in [0.717, 1.165) is 5.54 Å². The summed E-state index contributed by atoms with van der Waals surface area (Å²) in [5.41, 5.74) is 0.901. The molecular weight excluding hydrogens is 196 g/mol. The summed E-state index contributed by atoms with van der Waals surface area (Å²) in [4.78, 5) is 0. The normalized spacial score (nSPS) is 19.9. The van der Waals surface area contributed by atoms with Crippen molar-refractivity contribution >= 4 is 9.76 Å². The summed E-state index contributed by atoms with van der Waals surface area (Å²) in [6, 6.07) is 0. The molecule has 0 unspecified atom stereocenters. The van der Waals surface area contributed by atoms with Crippen LogP contribution < -0.4 is 0 Å². The van der Waals surface area contributed by atoms with E-state index >= 15 is 0 Å². The molecule has 3 nitrogen and oxygen atoms in total. The predicted molar refractivity (Wildman–Crippen MR) is 59.1 cm³/mol. The van der Waals surface area contributed by atoms with Gasteiger partial charge in [-0.25, -0.2) is 0 Å². The van der Waals surface area contributed by atoms with E-state index in [1.54, 1.807) is 14.2 Å². The van der Waals surface area contributed by atoms with Crippen molar-refractivity contribution in [1.82, 2.24) is 0 Å². The summed E-state index contributed by atoms with van der Waals surface area (Å²) >= 11 is 0. The van der Waals surface area contributed by atoms with E-state index in [4.69, 9.17) is 13.9 Å². The minimum absolute atomic E-state index is 0.175. The highest BCUT2D eigenvalue weighted by atomic mass is 28.2. The molecule has 0 aromatic heterocycles. The summed E-state index contributed by atoms with van der Waals surface area (Å²) in [7, 11) is 2.95. The van der Waals surface area contributed by atoms with Crippen LogP contribution in [0.5, 0.6) is 0 Å². The standard InChI is InChI=1S/C10H22O3Si/c1-11-10(12-2)8-13-14-9-6-4-3-5-7-9/h9-10H,3-8,14H2,1-2H3. The maximum atomic E-state index is 5.71. The third-order valence-corrected chi connectivity index (χ3v) is 4.62. The average Bonchev–Trinajstić information content (AvgIpc) is 2.26. The van der Waals surface area contributed by atoms with Crippen molar-refractivity contribution in [1.29, 1.82) is 0 Å². The number of hydrogen-bond donors (Lipinski definition) is 0. The van der Waals surface area contributed by atoms with Gasteiger partial charge in [-0.1, -0.05) is 32.1 Å². The Hall–Kier alpha value is 0.0969. The van der Waals surface area contributed by atoms with Crippen molar-refractivity contribution in [3.63, 3.8) is 0 Å². The summed E-state index contributed by atoms with van der Waals surface area (Å²) in [5, 5.41) is 0. The zero-order chi connectivity index (χ0) is 10.2. The van der Waals surface area contributed by atoms with Crippen LogP contribution in [0.4, 0.5) is 0 Å². The molecule has 0 aromatic rings. The molecule has 0 atom stereocenters. The van der Waals surface area contributed by atoms with E-state index in [1.807, 2.05) is 0 Å². The van der Waals surface area contributed by atoms with Crippen LogP contribution in [0, 0.1) is 0 Å². The maximum absolute atomic E-state index is 5.71. The van der Waals surface area contributed by atoms with Gasteiger partial charge < -0.3 is 13.9 Å². The molecular formula is C10H22O3Si. The Morgan fingerprint density at radius 2 is 1.79 bits per heavy atom. The zero-order valence-corrected chi connectivity index (χ0v) is 10.7. The van der Waals surface area contributed by atoms with E-state index in [1.165, 1.54) is 32.1 Å². The molecule has 1 rings (SSSR count). The smallest absolute Gasteiger partial charge is 0.178 e. The summed E-state index contributed by atoms with van der Waals surface area (Å²) < 4.78 is 15.8. The number of ether oxygens (including phenoxy) is 2. The number of methoxy groups -OCH3 is 2. The molecule has 1 saturated carbocycles. The van der Waals surface area contributed by atoms with Gasteiger partial charge in [0.1, 0.15) is 0 Å². The van der Waals surface area contributed by atoms with Gasteiger partial charge in [0.25, 0.3) is 0 Å². The fraction of sp³-hybridized carbons (Fsp3) is 1.00. The van der Waals surface area contributed by atoms with Crippen molar-refractivity contribution in [2.45, 2.75) is 43.9 Å². The van der Waals surface area contributed by atoms with Crippen molar-refractivity contribution in [3.05, 3.63) is 0 Å². The molecule has 1 fully saturated rings. The van der Waals surface area contributed by atoms with Crippen molar-refractivity contribution in [2.24, 2.45) is 0 Å². The molecule has 14 heavy (non-hydrogen) atoms. The summed E-state index contributed by atoms with van der Waals surface area (Å²) in [6.45, 7) is 0.607. The van der Waals surface area contributed by atoms with Crippen LogP contribution in [0.3, 0.4) is 0 Å². The first-order valence-corrected chi connectivity index (χ1v) is 6.89. The van der Waals surface area contributed by atoms with Gasteiger partial charge in [-0.05, 0) is 5.54 Å². The molecule has 84 valence electrons. The SMILES string of the molecule is COC(CO[SiH2]C1CCCCC1)OC. The van der Waals surface area contributed by atoms with Crippen molar-refractivity contribution in [3.8, 4) is 0 Å². The van der Waals surface area contributed by atoms with Gasteiger partial charge in [0.2, 0.25) is 0 Å². The number of hydrogen-bond acceptors (Lipinski definition) is 3. The maximum Gasteiger partial charge on any atom is 0.178 e. The molecule has 0 spiro atoms. The first kappa shape index (κ1) is 12.2. The van der Waals surface area contributed by atoms with Gasteiger partial charge in [0, 0.05) is 14.2 Å². The second kappa shape index (κ2) is 7.40. The lowest BCUT2D eigenvalue weighted by atomic mass is 10.0. The fourth-order valence-corrected chi connectivity index (χ4v) is 3.49. The molecule has 0 bridgehead atoms. The van der Waals surface area contributed by atoms with Crippen LogP contribution in [0.15, 0.2) is 0 Å². The summed E-state index contributed by atoms with van der Waals surface area (Å²) in [6.07, 6.45) is 6.82. The van der Waals surface area contributed by atoms with Crippen LogP contribution >= 0.6 is 0 Å². The van der Waals surface area contributed by atoms with E-state index in [2.05, 4.69) is 0 Å². The second-order valence-corrected chi connectivity index (χ2v) is 5.84. The predicted octanol–water partition coefficient (Wildman–Crippen LogP) is 1.46. The van der Waals surface area contributed by atoms with Gasteiger partial charge in [0.15, 0.2) is 16.1 Å². The Bertz CT molecular complexity index is 133. The summed E-state index contributed by atoms with van der Waals surface area (Å²) in [5.74, 6) is 0. The second-order valence-electron chi connectivity index (χ2n) is 3.94. The van der Waals surface area contributed by atoms with Crippen molar-refractivity contribution in [2.75, 3.05) is 20.8 Å². The minimum Gasteiger partial charge on any atom is -0.419 e. The highest BCUT2D eigenvalue weighted by Gasteiger charge is 2.15. The zero-order valence-electron chi connectivity index (χ0n) is 9.33. The monoisotopic (exact) mass is 218 g/mol. The van der Waals surface area contributed by atoms with Gasteiger partial charge in [-0.3, -0.25) is 0 Å². The highest BCUT2D eigenvalue weighted by molar-refractivity contribution is 6.29. The lowest BCUT2D eigenvalue weighted by Crippen LogP contribution is -2.23.